The maximum Gasteiger partial charge on any atom is 0.311 e. The van der Waals surface area contributed by atoms with Crippen molar-refractivity contribution >= 4 is 28.7 Å². The molecule has 2 fully saturated rings. The summed E-state index contributed by atoms with van der Waals surface area (Å²) in [6, 6.07) is -0.762. The Morgan fingerprint density at radius 2 is 1.83 bits per heavy atom. The summed E-state index contributed by atoms with van der Waals surface area (Å²) in [5, 5.41) is 17.1. The van der Waals surface area contributed by atoms with Crippen LogP contribution >= 0.6 is 0 Å². The summed E-state index contributed by atoms with van der Waals surface area (Å²) in [6.45, 7) is 14.7. The highest BCUT2D eigenvalue weighted by Crippen LogP contribution is 2.42. The van der Waals surface area contributed by atoms with Crippen molar-refractivity contribution in [1.82, 2.24) is 30.2 Å². The van der Waals surface area contributed by atoms with Gasteiger partial charge in [0.05, 0.1) is 11.6 Å². The highest BCUT2D eigenvalue weighted by Gasteiger charge is 2.52. The summed E-state index contributed by atoms with van der Waals surface area (Å²) >= 11 is 0. The van der Waals surface area contributed by atoms with Gasteiger partial charge in [-0.3, -0.25) is 9.59 Å². The van der Waals surface area contributed by atoms with Gasteiger partial charge < -0.3 is 20.6 Å². The topological polar surface area (TPSA) is 133 Å². The minimum absolute atomic E-state index is 0.0911. The molecule has 196 valence electrons. The van der Waals surface area contributed by atoms with E-state index < -0.39 is 17.4 Å². The van der Waals surface area contributed by atoms with Crippen LogP contribution in [0, 0.1) is 5.41 Å². The third-order valence-electron chi connectivity index (χ3n) is 7.30. The zero-order chi connectivity index (χ0) is 26.5. The van der Waals surface area contributed by atoms with Crippen molar-refractivity contribution in [3.05, 3.63) is 18.3 Å². The first kappa shape index (κ1) is 26.2. The van der Waals surface area contributed by atoms with Gasteiger partial charge in [-0.2, -0.15) is 0 Å². The molecule has 2 aliphatic rings. The second-order valence-electron chi connectivity index (χ2n) is 12.5. The van der Waals surface area contributed by atoms with Crippen molar-refractivity contribution in [1.29, 1.82) is 0 Å². The Morgan fingerprint density at radius 1 is 1.11 bits per heavy atom. The molecule has 1 amide bonds. The average Bonchev–Trinajstić information content (AvgIpc) is 3.12. The Balaban J connectivity index is 1.55. The maximum atomic E-state index is 13.6. The smallest absolute Gasteiger partial charge is 0.311 e. The van der Waals surface area contributed by atoms with E-state index >= 15 is 0 Å². The van der Waals surface area contributed by atoms with Crippen LogP contribution in [0.3, 0.4) is 0 Å². The van der Waals surface area contributed by atoms with E-state index in [0.29, 0.717) is 48.5 Å². The number of aromatic nitrogens is 4. The van der Waals surface area contributed by atoms with E-state index in [1.165, 1.54) is 6.33 Å². The molecule has 2 aromatic rings. The lowest BCUT2D eigenvalue weighted by Crippen LogP contribution is -2.59. The fraction of sp³-hybridized carbons (Fsp3) is 0.692. The van der Waals surface area contributed by atoms with Gasteiger partial charge in [0.15, 0.2) is 5.82 Å². The first-order valence-electron chi connectivity index (χ1n) is 12.8. The molecule has 4 rings (SSSR count). The van der Waals surface area contributed by atoms with E-state index in [4.69, 9.17) is 4.98 Å². The molecule has 0 unspecified atom stereocenters. The number of hydrogen-bond acceptors (Lipinski definition) is 8. The molecule has 1 aliphatic heterocycles. The van der Waals surface area contributed by atoms with Crippen LogP contribution in [-0.4, -0.2) is 72.0 Å². The van der Waals surface area contributed by atoms with Crippen molar-refractivity contribution in [3.63, 3.8) is 0 Å². The standard InChI is InChI=1S/C26H39N7O3/c1-24(2,3)22-27-13-17-19(31-22)20(29-14-28-17)30-16-10-11-33(21(16)34)18-9-8-15(32-25(4,5)6)12-26(18,7)23(35)36/h13-16,18,32H,8-12H2,1-7H3,(H,35,36)(H,28,29,30)/t15-,16+,18+,26-/m1/s1. The molecule has 0 spiro atoms. The average molecular weight is 498 g/mol. The summed E-state index contributed by atoms with van der Waals surface area (Å²) in [7, 11) is 0. The third kappa shape index (κ3) is 5.14. The predicted octanol–water partition coefficient (Wildman–Crippen LogP) is 3.13. The molecule has 10 heteroatoms. The Kier molecular flexibility index (Phi) is 6.70. The molecule has 2 aromatic heterocycles. The van der Waals surface area contributed by atoms with Gasteiger partial charge in [0.25, 0.3) is 0 Å². The van der Waals surface area contributed by atoms with Gasteiger partial charge >= 0.3 is 5.97 Å². The molecule has 1 aliphatic carbocycles. The number of anilines is 1. The minimum atomic E-state index is -1.03. The second kappa shape index (κ2) is 9.21. The number of carboxylic acids is 1. The van der Waals surface area contributed by atoms with Gasteiger partial charge in [-0.05, 0) is 53.4 Å². The number of nitrogens with zero attached hydrogens (tertiary/aromatic N) is 5. The van der Waals surface area contributed by atoms with Crippen LogP contribution in [0.25, 0.3) is 11.0 Å². The van der Waals surface area contributed by atoms with Gasteiger partial charge in [-0.25, -0.2) is 19.9 Å². The summed E-state index contributed by atoms with van der Waals surface area (Å²) in [6.07, 6.45) is 5.64. The molecule has 1 saturated heterocycles. The maximum absolute atomic E-state index is 13.6. The number of carboxylic acid groups (broad SMARTS) is 1. The first-order valence-corrected chi connectivity index (χ1v) is 12.8. The number of carbonyl (C=O) groups is 2. The number of hydrogen-bond donors (Lipinski definition) is 3. The second-order valence-corrected chi connectivity index (χ2v) is 12.5. The van der Waals surface area contributed by atoms with E-state index in [9.17, 15) is 14.7 Å². The number of likely N-dealkylation sites (tertiary alicyclic amines) is 1. The Morgan fingerprint density at radius 3 is 2.47 bits per heavy atom. The van der Waals surface area contributed by atoms with Crippen molar-refractivity contribution in [2.24, 2.45) is 5.41 Å². The van der Waals surface area contributed by atoms with Crippen LogP contribution in [0.1, 0.15) is 80.0 Å². The van der Waals surface area contributed by atoms with Gasteiger partial charge in [0, 0.05) is 29.6 Å². The van der Waals surface area contributed by atoms with E-state index in [1.807, 2.05) is 20.8 Å². The Hall–Kier alpha value is -2.88. The van der Waals surface area contributed by atoms with Crippen LogP contribution in [0.4, 0.5) is 5.82 Å². The zero-order valence-corrected chi connectivity index (χ0v) is 22.4. The normalized spacial score (nSPS) is 27.5. The van der Waals surface area contributed by atoms with Crippen molar-refractivity contribution in [3.8, 4) is 0 Å². The van der Waals surface area contributed by atoms with Crippen molar-refractivity contribution < 1.29 is 14.7 Å². The molecule has 0 aromatic carbocycles. The van der Waals surface area contributed by atoms with Gasteiger partial charge in [-0.15, -0.1) is 0 Å². The van der Waals surface area contributed by atoms with E-state index in [1.54, 1.807) is 18.0 Å². The molecular weight excluding hydrogens is 458 g/mol. The number of amides is 1. The van der Waals surface area contributed by atoms with E-state index in [0.717, 1.165) is 6.42 Å². The summed E-state index contributed by atoms with van der Waals surface area (Å²) in [5.74, 6) is 0.217. The van der Waals surface area contributed by atoms with E-state index in [-0.39, 0.29) is 28.9 Å². The Bertz CT molecular complexity index is 1160. The lowest BCUT2D eigenvalue weighted by molar-refractivity contribution is -0.157. The molecule has 3 heterocycles. The van der Waals surface area contributed by atoms with Crippen molar-refractivity contribution in [2.75, 3.05) is 11.9 Å². The Labute approximate surface area is 212 Å². The molecule has 0 radical (unpaired) electrons. The van der Waals surface area contributed by atoms with Gasteiger partial charge in [-0.1, -0.05) is 20.8 Å². The summed E-state index contributed by atoms with van der Waals surface area (Å²) in [4.78, 5) is 45.6. The van der Waals surface area contributed by atoms with E-state index in [2.05, 4.69) is 46.4 Å². The number of nitrogens with one attached hydrogen (secondary N) is 2. The molecule has 10 nitrogen and oxygen atoms in total. The highest BCUT2D eigenvalue weighted by atomic mass is 16.4. The van der Waals surface area contributed by atoms with Crippen LogP contribution in [-0.2, 0) is 15.0 Å². The summed E-state index contributed by atoms with van der Waals surface area (Å²) in [5.41, 5.74) is -0.198. The SMILES string of the molecule is CC(C)(C)N[C@@H]1CC[C@H](N2CC[C@H](Nc3ncnc4cnc(C(C)(C)C)nc34)C2=O)[C@](C)(C(=O)O)C1. The molecule has 4 atom stereocenters. The largest absolute Gasteiger partial charge is 0.481 e. The fourth-order valence-electron chi connectivity index (χ4n) is 5.52. The van der Waals surface area contributed by atoms with Gasteiger partial charge in [0.2, 0.25) is 5.91 Å². The summed E-state index contributed by atoms with van der Waals surface area (Å²) < 4.78 is 0. The quantitative estimate of drug-likeness (QED) is 0.570. The highest BCUT2D eigenvalue weighted by molar-refractivity contribution is 5.91. The fourth-order valence-corrected chi connectivity index (χ4v) is 5.52. The predicted molar refractivity (Wildman–Crippen MR) is 138 cm³/mol. The first-order chi connectivity index (χ1) is 16.7. The molecule has 36 heavy (non-hydrogen) atoms. The minimum Gasteiger partial charge on any atom is -0.481 e. The lowest BCUT2D eigenvalue weighted by Gasteiger charge is -2.47. The zero-order valence-electron chi connectivity index (χ0n) is 22.4. The van der Waals surface area contributed by atoms with Crippen LogP contribution in [0.5, 0.6) is 0 Å². The van der Waals surface area contributed by atoms with Crippen LogP contribution in [0.15, 0.2) is 12.5 Å². The number of fused-ring (bicyclic) bond motifs is 1. The van der Waals surface area contributed by atoms with Crippen LogP contribution in [0.2, 0.25) is 0 Å². The molecule has 0 bridgehead atoms. The number of rotatable bonds is 5. The monoisotopic (exact) mass is 497 g/mol. The molecular formula is C26H39N7O3. The number of aliphatic carboxylic acids is 1. The van der Waals surface area contributed by atoms with Crippen LogP contribution < -0.4 is 10.6 Å². The molecule has 1 saturated carbocycles. The van der Waals surface area contributed by atoms with Crippen molar-refractivity contribution in [2.45, 2.75) is 103 Å². The number of carbonyl (C=O) groups excluding carboxylic acids is 1. The third-order valence-corrected chi connectivity index (χ3v) is 7.30. The lowest BCUT2D eigenvalue weighted by atomic mass is 9.68. The van der Waals surface area contributed by atoms with Gasteiger partial charge in [0.1, 0.15) is 29.2 Å². The molecule has 3 N–H and O–H groups in total.